The molecule has 1 N–H and O–H groups in total. The molecule has 6 nitrogen and oxygen atoms in total. The summed E-state index contributed by atoms with van der Waals surface area (Å²) in [6.45, 7) is 3.48. The molecule has 0 saturated heterocycles. The van der Waals surface area contributed by atoms with E-state index < -0.39 is 5.97 Å². The van der Waals surface area contributed by atoms with E-state index in [0.29, 0.717) is 19.8 Å². The Labute approximate surface area is 137 Å². The van der Waals surface area contributed by atoms with E-state index in [9.17, 15) is 4.79 Å². The molecule has 0 aliphatic heterocycles. The first-order chi connectivity index (χ1) is 11.1. The highest BCUT2D eigenvalue weighted by Crippen LogP contribution is 2.22. The van der Waals surface area contributed by atoms with Gasteiger partial charge in [0.15, 0.2) is 0 Å². The Kier molecular flexibility index (Phi) is 8.97. The quantitative estimate of drug-likeness (QED) is 0.627. The largest absolute Gasteiger partial charge is 0.496 e. The van der Waals surface area contributed by atoms with Gasteiger partial charge in [-0.05, 0) is 23.8 Å². The molecule has 0 unspecified atom stereocenters. The molecule has 1 aromatic carbocycles. The van der Waals surface area contributed by atoms with E-state index in [4.69, 9.17) is 19.3 Å². The molecule has 0 radical (unpaired) electrons. The average Bonchev–Trinajstić information content (AvgIpc) is 2.55. The van der Waals surface area contributed by atoms with Crippen LogP contribution in [0, 0.1) is 0 Å². The number of ether oxygens (including phenoxy) is 3. The molecule has 0 aromatic heterocycles. The number of carbonyl (C=O) groups is 1. The van der Waals surface area contributed by atoms with Gasteiger partial charge in [0.2, 0.25) is 0 Å². The van der Waals surface area contributed by atoms with Gasteiger partial charge in [-0.2, -0.15) is 0 Å². The molecule has 0 bridgehead atoms. The monoisotopic (exact) mass is 323 g/mol. The summed E-state index contributed by atoms with van der Waals surface area (Å²) in [5, 5.41) is 8.74. The third-order valence-electron chi connectivity index (χ3n) is 3.34. The molecule has 0 atom stereocenters. The van der Waals surface area contributed by atoms with Crippen LogP contribution in [0.1, 0.15) is 11.1 Å². The van der Waals surface area contributed by atoms with Gasteiger partial charge in [-0.25, -0.2) is 4.79 Å². The molecule has 0 aliphatic rings. The van der Waals surface area contributed by atoms with Crippen molar-refractivity contribution in [1.29, 1.82) is 0 Å². The smallest absolute Gasteiger partial charge is 0.328 e. The van der Waals surface area contributed by atoms with E-state index in [0.717, 1.165) is 36.0 Å². The van der Waals surface area contributed by atoms with E-state index in [2.05, 4.69) is 4.90 Å². The van der Waals surface area contributed by atoms with E-state index in [-0.39, 0.29) is 0 Å². The van der Waals surface area contributed by atoms with Gasteiger partial charge < -0.3 is 19.3 Å². The van der Waals surface area contributed by atoms with E-state index in [1.54, 1.807) is 27.4 Å². The van der Waals surface area contributed by atoms with E-state index in [1.807, 2.05) is 18.2 Å². The van der Waals surface area contributed by atoms with Crippen LogP contribution in [0.25, 0.3) is 6.08 Å². The zero-order chi connectivity index (χ0) is 17.1. The molecule has 0 fully saturated rings. The lowest BCUT2D eigenvalue weighted by Gasteiger charge is -2.23. The fraction of sp³-hybridized carbons (Fsp3) is 0.471. The first kappa shape index (κ1) is 19.2. The summed E-state index contributed by atoms with van der Waals surface area (Å²) >= 11 is 0. The summed E-state index contributed by atoms with van der Waals surface area (Å²) in [6.07, 6.45) is 2.69. The standard InChI is InChI=1S/C17H25NO5/c1-21-10-8-18(9-11-22-2)13-15-12-14(5-7-17(19)20)4-6-16(15)23-3/h4-7,12H,8-11,13H2,1-3H3,(H,19,20)/b7-5+. The third-order valence-corrected chi connectivity index (χ3v) is 3.34. The lowest BCUT2D eigenvalue weighted by atomic mass is 10.1. The van der Waals surface area contributed by atoms with Crippen LogP contribution >= 0.6 is 0 Å². The number of nitrogens with zero attached hydrogens (tertiary/aromatic N) is 1. The number of hydrogen-bond acceptors (Lipinski definition) is 5. The molecule has 23 heavy (non-hydrogen) atoms. The topological polar surface area (TPSA) is 68.2 Å². The second kappa shape index (κ2) is 10.8. The number of aliphatic carboxylic acids is 1. The number of benzene rings is 1. The fourth-order valence-electron chi connectivity index (χ4n) is 2.14. The van der Waals surface area contributed by atoms with Gasteiger partial charge in [-0.1, -0.05) is 6.07 Å². The average molecular weight is 323 g/mol. The number of methoxy groups -OCH3 is 3. The second-order valence-corrected chi connectivity index (χ2v) is 5.00. The molecule has 1 rings (SSSR count). The Hall–Kier alpha value is -1.89. The number of hydrogen-bond donors (Lipinski definition) is 1. The predicted octanol–water partition coefficient (Wildman–Crippen LogP) is 1.89. The van der Waals surface area contributed by atoms with Gasteiger partial charge in [-0.3, -0.25) is 4.90 Å². The van der Waals surface area contributed by atoms with Gasteiger partial charge >= 0.3 is 5.97 Å². The van der Waals surface area contributed by atoms with Crippen molar-refractivity contribution in [3.05, 3.63) is 35.4 Å². The van der Waals surface area contributed by atoms with Crippen molar-refractivity contribution in [2.45, 2.75) is 6.54 Å². The van der Waals surface area contributed by atoms with Crippen molar-refractivity contribution < 1.29 is 24.1 Å². The Balaban J connectivity index is 2.91. The first-order valence-corrected chi connectivity index (χ1v) is 7.38. The zero-order valence-electron chi connectivity index (χ0n) is 13.9. The maximum atomic E-state index is 10.6. The number of rotatable bonds is 11. The summed E-state index contributed by atoms with van der Waals surface area (Å²) < 4.78 is 15.7. The van der Waals surface area contributed by atoms with E-state index in [1.165, 1.54) is 0 Å². The molecule has 0 heterocycles. The molecule has 1 aromatic rings. The highest BCUT2D eigenvalue weighted by Gasteiger charge is 2.10. The molecule has 6 heteroatoms. The van der Waals surface area contributed by atoms with Crippen LogP contribution in [0.15, 0.2) is 24.3 Å². The fourth-order valence-corrected chi connectivity index (χ4v) is 2.14. The zero-order valence-corrected chi connectivity index (χ0v) is 13.9. The molecule has 0 aliphatic carbocycles. The van der Waals surface area contributed by atoms with Gasteiger partial charge in [0.25, 0.3) is 0 Å². The Morgan fingerprint density at radius 2 is 1.83 bits per heavy atom. The minimum atomic E-state index is -0.968. The lowest BCUT2D eigenvalue weighted by Crippen LogP contribution is -2.30. The van der Waals surface area contributed by atoms with Crippen molar-refractivity contribution in [1.82, 2.24) is 4.90 Å². The first-order valence-electron chi connectivity index (χ1n) is 7.38. The van der Waals surface area contributed by atoms with Crippen LogP contribution in [-0.4, -0.2) is 63.6 Å². The van der Waals surface area contributed by atoms with Crippen LogP contribution in [-0.2, 0) is 20.8 Å². The SMILES string of the molecule is COCCN(CCOC)Cc1cc(/C=C/C(=O)O)ccc1OC. The van der Waals surface area contributed by atoms with Crippen LogP contribution < -0.4 is 4.74 Å². The van der Waals surface area contributed by atoms with Gasteiger partial charge in [0.05, 0.1) is 20.3 Å². The molecule has 0 spiro atoms. The van der Waals surface area contributed by atoms with Crippen molar-refractivity contribution in [2.24, 2.45) is 0 Å². The second-order valence-electron chi connectivity index (χ2n) is 5.00. The maximum Gasteiger partial charge on any atom is 0.328 e. The van der Waals surface area contributed by atoms with Crippen LogP contribution in [0.3, 0.4) is 0 Å². The van der Waals surface area contributed by atoms with Gasteiger partial charge in [-0.15, -0.1) is 0 Å². The normalized spacial score (nSPS) is 11.3. The Morgan fingerprint density at radius 3 is 2.35 bits per heavy atom. The van der Waals surface area contributed by atoms with Crippen molar-refractivity contribution in [3.8, 4) is 5.75 Å². The minimum absolute atomic E-state index is 0.630. The summed E-state index contributed by atoms with van der Waals surface area (Å²) in [7, 11) is 4.97. The van der Waals surface area contributed by atoms with E-state index >= 15 is 0 Å². The predicted molar refractivity (Wildman–Crippen MR) is 88.7 cm³/mol. The lowest BCUT2D eigenvalue weighted by molar-refractivity contribution is -0.131. The van der Waals surface area contributed by atoms with Crippen molar-refractivity contribution in [2.75, 3.05) is 47.6 Å². The van der Waals surface area contributed by atoms with Crippen molar-refractivity contribution in [3.63, 3.8) is 0 Å². The number of carboxylic acid groups (broad SMARTS) is 1. The Morgan fingerprint density at radius 1 is 1.17 bits per heavy atom. The van der Waals surface area contributed by atoms with Gasteiger partial charge in [0.1, 0.15) is 5.75 Å². The molecular weight excluding hydrogens is 298 g/mol. The van der Waals surface area contributed by atoms with Crippen LogP contribution in [0.4, 0.5) is 0 Å². The highest BCUT2D eigenvalue weighted by atomic mass is 16.5. The highest BCUT2D eigenvalue weighted by molar-refractivity contribution is 5.85. The molecule has 128 valence electrons. The molecule has 0 amide bonds. The molecule has 0 saturated carbocycles. The van der Waals surface area contributed by atoms with Crippen LogP contribution in [0.5, 0.6) is 5.75 Å². The minimum Gasteiger partial charge on any atom is -0.496 e. The summed E-state index contributed by atoms with van der Waals surface area (Å²) in [4.78, 5) is 12.9. The third kappa shape index (κ3) is 7.27. The number of carboxylic acids is 1. The van der Waals surface area contributed by atoms with Gasteiger partial charge in [0, 0.05) is 45.5 Å². The maximum absolute atomic E-state index is 10.6. The molecular formula is C17H25NO5. The van der Waals surface area contributed by atoms with Crippen molar-refractivity contribution >= 4 is 12.0 Å². The Bertz CT molecular complexity index is 508. The van der Waals surface area contributed by atoms with Crippen LogP contribution in [0.2, 0.25) is 0 Å². The summed E-state index contributed by atoms with van der Waals surface area (Å²) in [5.41, 5.74) is 1.81. The summed E-state index contributed by atoms with van der Waals surface area (Å²) in [5.74, 6) is -0.193. The summed E-state index contributed by atoms with van der Waals surface area (Å²) in [6, 6.07) is 5.61.